The predicted molar refractivity (Wildman–Crippen MR) is 88.6 cm³/mol. The fraction of sp³-hybridized carbons (Fsp3) is 0.0625. The van der Waals surface area contributed by atoms with Crippen LogP contribution in [0.1, 0.15) is 5.56 Å². The van der Waals surface area contributed by atoms with Crippen molar-refractivity contribution in [2.75, 3.05) is 0 Å². The maximum absolute atomic E-state index is 13.8. The highest BCUT2D eigenvalue weighted by atomic mass is 79.9. The van der Waals surface area contributed by atoms with Crippen molar-refractivity contribution in [3.63, 3.8) is 0 Å². The number of hydrogen-bond acceptors (Lipinski definition) is 3. The number of halogens is 3. The minimum absolute atomic E-state index is 0.0717. The van der Waals surface area contributed by atoms with E-state index in [2.05, 4.69) is 31.9 Å². The molecular weight excluding hydrogens is 419 g/mol. The lowest BCUT2D eigenvalue weighted by Gasteiger charge is -2.09. The highest BCUT2D eigenvalue weighted by Crippen LogP contribution is 2.25. The standard InChI is InChI=1S/C16H9Br2FO3/c17-10-2-4-14(13(19)6-10)21-8-9-5-16(20)22-15-7-11(18)1-3-12(9)15/h1-7H,8H2. The Morgan fingerprint density at radius 1 is 1.05 bits per heavy atom. The van der Waals surface area contributed by atoms with E-state index in [9.17, 15) is 9.18 Å². The van der Waals surface area contributed by atoms with Gasteiger partial charge in [-0.1, -0.05) is 31.9 Å². The normalized spacial score (nSPS) is 10.9. The fourth-order valence-electron chi connectivity index (χ4n) is 2.07. The molecule has 0 unspecified atom stereocenters. The quantitative estimate of drug-likeness (QED) is 0.550. The Kier molecular flexibility index (Phi) is 4.31. The summed E-state index contributed by atoms with van der Waals surface area (Å²) in [6, 6.07) is 11.3. The van der Waals surface area contributed by atoms with Gasteiger partial charge in [0.15, 0.2) is 11.6 Å². The van der Waals surface area contributed by atoms with Gasteiger partial charge in [0.2, 0.25) is 0 Å². The van der Waals surface area contributed by atoms with Crippen LogP contribution >= 0.6 is 31.9 Å². The van der Waals surface area contributed by atoms with E-state index in [1.165, 1.54) is 18.2 Å². The van der Waals surface area contributed by atoms with Gasteiger partial charge in [0.25, 0.3) is 0 Å². The van der Waals surface area contributed by atoms with Gasteiger partial charge in [-0.15, -0.1) is 0 Å². The van der Waals surface area contributed by atoms with Crippen molar-refractivity contribution in [2.45, 2.75) is 6.61 Å². The second kappa shape index (κ2) is 6.22. The minimum atomic E-state index is -0.472. The first-order valence-corrected chi connectivity index (χ1v) is 7.92. The molecule has 3 aromatic rings. The highest BCUT2D eigenvalue weighted by molar-refractivity contribution is 9.10. The number of benzene rings is 2. The highest BCUT2D eigenvalue weighted by Gasteiger charge is 2.09. The zero-order chi connectivity index (χ0) is 15.7. The molecule has 1 aromatic heterocycles. The van der Waals surface area contributed by atoms with E-state index < -0.39 is 11.4 Å². The summed E-state index contributed by atoms with van der Waals surface area (Å²) in [5.74, 6) is -0.342. The topological polar surface area (TPSA) is 39.4 Å². The average Bonchev–Trinajstić information content (AvgIpc) is 2.45. The first-order valence-electron chi connectivity index (χ1n) is 6.33. The molecule has 6 heteroatoms. The summed E-state index contributed by atoms with van der Waals surface area (Å²) >= 11 is 6.51. The third-order valence-electron chi connectivity index (χ3n) is 3.07. The lowest BCUT2D eigenvalue weighted by atomic mass is 10.1. The van der Waals surface area contributed by atoms with E-state index in [0.29, 0.717) is 15.6 Å². The molecule has 0 aliphatic rings. The van der Waals surface area contributed by atoms with Crippen LogP contribution in [-0.4, -0.2) is 0 Å². The molecule has 2 aromatic carbocycles. The molecule has 0 atom stereocenters. The Hall–Kier alpha value is -1.66. The van der Waals surface area contributed by atoms with Crippen LogP contribution in [0.5, 0.6) is 5.75 Å². The van der Waals surface area contributed by atoms with Crippen LogP contribution in [0.2, 0.25) is 0 Å². The number of fused-ring (bicyclic) bond motifs is 1. The summed E-state index contributed by atoms with van der Waals surface area (Å²) in [5.41, 5.74) is 0.623. The third-order valence-corrected chi connectivity index (χ3v) is 4.06. The van der Waals surface area contributed by atoms with Gasteiger partial charge < -0.3 is 9.15 Å². The van der Waals surface area contributed by atoms with Gasteiger partial charge in [0.1, 0.15) is 12.2 Å². The molecule has 0 amide bonds. The smallest absolute Gasteiger partial charge is 0.336 e. The summed E-state index contributed by atoms with van der Waals surface area (Å²) in [4.78, 5) is 11.6. The lowest BCUT2D eigenvalue weighted by molar-refractivity contribution is 0.290. The monoisotopic (exact) mass is 426 g/mol. The van der Waals surface area contributed by atoms with Crippen molar-refractivity contribution in [1.29, 1.82) is 0 Å². The largest absolute Gasteiger partial charge is 0.486 e. The number of hydrogen-bond donors (Lipinski definition) is 0. The summed E-state index contributed by atoms with van der Waals surface area (Å²) in [6.07, 6.45) is 0. The molecular formula is C16H9Br2FO3. The van der Waals surface area contributed by atoms with Crippen LogP contribution in [0, 0.1) is 5.82 Å². The Morgan fingerprint density at radius 2 is 1.77 bits per heavy atom. The molecule has 0 saturated carbocycles. The van der Waals surface area contributed by atoms with E-state index in [-0.39, 0.29) is 12.4 Å². The molecule has 3 rings (SSSR count). The molecule has 112 valence electrons. The Bertz CT molecular complexity index is 906. The van der Waals surface area contributed by atoms with Gasteiger partial charge in [0.05, 0.1) is 0 Å². The minimum Gasteiger partial charge on any atom is -0.486 e. The van der Waals surface area contributed by atoms with E-state index in [0.717, 1.165) is 9.86 Å². The van der Waals surface area contributed by atoms with Crippen LogP contribution < -0.4 is 10.4 Å². The van der Waals surface area contributed by atoms with Crippen molar-refractivity contribution >= 4 is 42.8 Å². The summed E-state index contributed by atoms with van der Waals surface area (Å²) < 4.78 is 25.8. The van der Waals surface area contributed by atoms with Crippen molar-refractivity contribution in [3.8, 4) is 5.75 Å². The molecule has 0 bridgehead atoms. The van der Waals surface area contributed by atoms with Gasteiger partial charge >= 0.3 is 5.63 Å². The zero-order valence-corrected chi connectivity index (χ0v) is 14.3. The molecule has 22 heavy (non-hydrogen) atoms. The predicted octanol–water partition coefficient (Wildman–Crippen LogP) is 5.04. The Labute approximate surface area is 142 Å². The SMILES string of the molecule is O=c1cc(COc2ccc(Br)cc2F)c2ccc(Br)cc2o1. The Morgan fingerprint density at radius 3 is 2.55 bits per heavy atom. The van der Waals surface area contributed by atoms with E-state index >= 15 is 0 Å². The molecule has 0 saturated heterocycles. The van der Waals surface area contributed by atoms with Crippen LogP contribution in [-0.2, 0) is 6.61 Å². The molecule has 1 heterocycles. The van der Waals surface area contributed by atoms with E-state index in [1.807, 2.05) is 12.1 Å². The molecule has 0 aliphatic carbocycles. The molecule has 0 N–H and O–H groups in total. The second-order valence-electron chi connectivity index (χ2n) is 4.59. The maximum atomic E-state index is 13.8. The van der Waals surface area contributed by atoms with Gasteiger partial charge in [-0.3, -0.25) is 0 Å². The number of rotatable bonds is 3. The summed E-state index contributed by atoms with van der Waals surface area (Å²) in [7, 11) is 0. The maximum Gasteiger partial charge on any atom is 0.336 e. The van der Waals surface area contributed by atoms with Crippen LogP contribution in [0.4, 0.5) is 4.39 Å². The average molecular weight is 428 g/mol. The molecule has 0 aliphatic heterocycles. The van der Waals surface area contributed by atoms with Crippen molar-refractivity contribution in [1.82, 2.24) is 0 Å². The molecule has 0 fully saturated rings. The summed E-state index contributed by atoms with van der Waals surface area (Å²) in [5, 5.41) is 0.750. The van der Waals surface area contributed by atoms with Crippen LogP contribution in [0.25, 0.3) is 11.0 Å². The van der Waals surface area contributed by atoms with Gasteiger partial charge in [-0.05, 0) is 36.4 Å². The molecule has 3 nitrogen and oxygen atoms in total. The second-order valence-corrected chi connectivity index (χ2v) is 6.43. The van der Waals surface area contributed by atoms with E-state index in [4.69, 9.17) is 9.15 Å². The van der Waals surface area contributed by atoms with Gasteiger partial charge in [-0.25, -0.2) is 9.18 Å². The number of ether oxygens (including phenoxy) is 1. The van der Waals surface area contributed by atoms with Crippen molar-refractivity contribution < 1.29 is 13.5 Å². The molecule has 0 spiro atoms. The van der Waals surface area contributed by atoms with Crippen LogP contribution in [0.3, 0.4) is 0 Å². The fourth-order valence-corrected chi connectivity index (χ4v) is 2.74. The van der Waals surface area contributed by atoms with Crippen molar-refractivity contribution in [2.24, 2.45) is 0 Å². The van der Waals surface area contributed by atoms with Gasteiger partial charge in [0, 0.05) is 26.0 Å². The van der Waals surface area contributed by atoms with E-state index in [1.54, 1.807) is 12.1 Å². The lowest BCUT2D eigenvalue weighted by Crippen LogP contribution is -2.04. The van der Waals surface area contributed by atoms with Crippen molar-refractivity contribution in [3.05, 3.63) is 73.2 Å². The van der Waals surface area contributed by atoms with Gasteiger partial charge in [-0.2, -0.15) is 0 Å². The van der Waals surface area contributed by atoms with Crippen LogP contribution in [0.15, 0.2) is 60.6 Å². The zero-order valence-electron chi connectivity index (χ0n) is 11.1. The Balaban J connectivity index is 1.95. The first kappa shape index (κ1) is 15.2. The third kappa shape index (κ3) is 3.23. The first-order chi connectivity index (χ1) is 10.5. The summed E-state index contributed by atoms with van der Waals surface area (Å²) in [6.45, 7) is 0.0717. The molecule has 0 radical (unpaired) electrons.